The van der Waals surface area contributed by atoms with Crippen LogP contribution in [0.2, 0.25) is 0 Å². The summed E-state index contributed by atoms with van der Waals surface area (Å²) in [4.78, 5) is 3.68. The molecule has 0 saturated heterocycles. The van der Waals surface area contributed by atoms with Crippen LogP contribution in [0, 0.1) is 5.82 Å². The average Bonchev–Trinajstić information content (AvgIpc) is 1.99. The predicted octanol–water partition coefficient (Wildman–Crippen LogP) is 2.55. The molecule has 72 valence electrons. The Hall–Kier alpha value is -1.36. The zero-order valence-corrected chi connectivity index (χ0v) is 8.42. The molecule has 0 aliphatic carbocycles. The van der Waals surface area contributed by atoms with Crippen LogP contribution in [0.15, 0.2) is 22.7 Å². The van der Waals surface area contributed by atoms with E-state index in [-0.39, 0.29) is 17.1 Å². The minimum Gasteiger partial charge on any atom is -0.507 e. The Labute approximate surface area is 87.0 Å². The number of hydrogen-bond acceptors (Lipinski definition) is 3. The van der Waals surface area contributed by atoms with Gasteiger partial charge in [-0.05, 0) is 22.0 Å². The lowest BCUT2D eigenvalue weighted by molar-refractivity contribution is 0.440. The van der Waals surface area contributed by atoms with Crippen molar-refractivity contribution < 1.29 is 14.6 Å². The van der Waals surface area contributed by atoms with Crippen molar-refractivity contribution >= 4 is 26.8 Å². The molecular weight excluding hydrogens is 253 g/mol. The van der Waals surface area contributed by atoms with E-state index in [9.17, 15) is 9.50 Å². The van der Waals surface area contributed by atoms with E-state index >= 15 is 0 Å². The lowest BCUT2D eigenvalue weighted by Gasteiger charge is -2.03. The van der Waals surface area contributed by atoms with Gasteiger partial charge in [0.15, 0.2) is 0 Å². The largest absolute Gasteiger partial charge is 0.507 e. The molecule has 1 heterocycles. The first-order valence-electron chi connectivity index (χ1n) is 3.75. The maximum Gasteiger partial charge on any atom is 0.215 e. The van der Waals surface area contributed by atoms with Crippen LogP contribution in [0.1, 0.15) is 0 Å². The van der Waals surface area contributed by atoms with Gasteiger partial charge >= 0.3 is 0 Å². The molecule has 14 heavy (non-hydrogen) atoms. The van der Waals surface area contributed by atoms with Gasteiger partial charge in [-0.15, -0.1) is 0 Å². The van der Waals surface area contributed by atoms with E-state index in [4.69, 9.17) is 5.11 Å². The van der Waals surface area contributed by atoms with Crippen molar-refractivity contribution in [3.05, 3.63) is 28.5 Å². The summed E-state index contributed by atoms with van der Waals surface area (Å²) in [5.74, 6) is -0.964. The predicted molar refractivity (Wildman–Crippen MR) is 52.7 cm³/mol. The fourth-order valence-corrected chi connectivity index (χ4v) is 1.88. The molecule has 0 aliphatic rings. The maximum atomic E-state index is 12.9. The molecule has 0 radical (unpaired) electrons. The molecule has 0 saturated carbocycles. The number of aromatic hydroxyl groups is 2. The first-order chi connectivity index (χ1) is 6.58. The van der Waals surface area contributed by atoms with Crippen molar-refractivity contribution in [3.63, 3.8) is 0 Å². The molecule has 0 atom stereocenters. The van der Waals surface area contributed by atoms with E-state index in [1.807, 2.05) is 0 Å². The minimum absolute atomic E-state index is 0.139. The highest BCUT2D eigenvalue weighted by Crippen LogP contribution is 2.33. The Morgan fingerprint density at radius 3 is 2.64 bits per heavy atom. The zero-order valence-electron chi connectivity index (χ0n) is 6.83. The summed E-state index contributed by atoms with van der Waals surface area (Å²) in [6.07, 6.45) is 0. The van der Waals surface area contributed by atoms with Crippen molar-refractivity contribution in [2.24, 2.45) is 0 Å². The number of hydrogen-bond donors (Lipinski definition) is 2. The quantitative estimate of drug-likeness (QED) is 0.763. The van der Waals surface area contributed by atoms with Crippen LogP contribution in [0.3, 0.4) is 0 Å². The lowest BCUT2D eigenvalue weighted by Crippen LogP contribution is -1.84. The van der Waals surface area contributed by atoms with Crippen LogP contribution in [0.25, 0.3) is 10.9 Å². The second kappa shape index (κ2) is 3.09. The van der Waals surface area contributed by atoms with E-state index in [1.54, 1.807) is 0 Å². The summed E-state index contributed by atoms with van der Waals surface area (Å²) >= 11 is 3.10. The van der Waals surface area contributed by atoms with Gasteiger partial charge in [0.1, 0.15) is 11.6 Å². The number of rotatable bonds is 0. The van der Waals surface area contributed by atoms with E-state index in [0.717, 1.165) is 12.1 Å². The second-order valence-electron chi connectivity index (χ2n) is 2.78. The highest BCUT2D eigenvalue weighted by molar-refractivity contribution is 9.10. The van der Waals surface area contributed by atoms with Crippen molar-refractivity contribution in [2.75, 3.05) is 0 Å². The summed E-state index contributed by atoms with van der Waals surface area (Å²) in [5, 5.41) is 18.9. The van der Waals surface area contributed by atoms with Crippen molar-refractivity contribution in [1.82, 2.24) is 4.98 Å². The normalized spacial score (nSPS) is 10.7. The monoisotopic (exact) mass is 257 g/mol. The molecule has 5 heteroatoms. The van der Waals surface area contributed by atoms with Crippen molar-refractivity contribution in [1.29, 1.82) is 0 Å². The van der Waals surface area contributed by atoms with E-state index in [0.29, 0.717) is 9.86 Å². The van der Waals surface area contributed by atoms with Gasteiger partial charge in [-0.1, -0.05) is 0 Å². The number of benzene rings is 1. The molecule has 0 fully saturated rings. The van der Waals surface area contributed by atoms with Gasteiger partial charge in [0.05, 0.1) is 10.9 Å². The summed E-state index contributed by atoms with van der Waals surface area (Å²) in [6.45, 7) is 0. The Morgan fingerprint density at radius 2 is 1.93 bits per heavy atom. The number of aromatic nitrogens is 1. The number of pyridine rings is 1. The maximum absolute atomic E-state index is 12.9. The van der Waals surface area contributed by atoms with Gasteiger partial charge in [-0.3, -0.25) is 0 Å². The molecule has 2 rings (SSSR count). The third-order valence-electron chi connectivity index (χ3n) is 1.79. The molecule has 0 unspecified atom stereocenters. The van der Waals surface area contributed by atoms with Crippen LogP contribution in [-0.2, 0) is 0 Å². The second-order valence-corrected chi connectivity index (χ2v) is 3.64. The minimum atomic E-state index is -0.484. The molecule has 2 aromatic rings. The fraction of sp³-hybridized carbons (Fsp3) is 0. The molecule has 1 aromatic heterocycles. The van der Waals surface area contributed by atoms with Crippen LogP contribution in [-0.4, -0.2) is 15.2 Å². The van der Waals surface area contributed by atoms with Crippen LogP contribution in [0.5, 0.6) is 11.6 Å². The van der Waals surface area contributed by atoms with Gasteiger partial charge in [0.2, 0.25) is 5.88 Å². The molecule has 0 bridgehead atoms. The van der Waals surface area contributed by atoms with Gasteiger partial charge in [-0.25, -0.2) is 9.37 Å². The average molecular weight is 258 g/mol. The Morgan fingerprint density at radius 1 is 1.21 bits per heavy atom. The molecule has 1 aromatic carbocycles. The molecule has 3 nitrogen and oxygen atoms in total. The SMILES string of the molecule is Oc1cc(O)c2c(Br)cc(F)cc2n1. The van der Waals surface area contributed by atoms with Gasteiger partial charge in [0, 0.05) is 16.6 Å². The third-order valence-corrected chi connectivity index (χ3v) is 2.42. The lowest BCUT2D eigenvalue weighted by atomic mass is 10.2. The highest BCUT2D eigenvalue weighted by Gasteiger charge is 2.09. The number of nitrogens with zero attached hydrogens (tertiary/aromatic N) is 1. The number of fused-ring (bicyclic) bond motifs is 1. The molecular formula is C9H5BrFNO2. The summed E-state index contributed by atoms with van der Waals surface area (Å²) in [5.41, 5.74) is 0.203. The smallest absolute Gasteiger partial charge is 0.215 e. The van der Waals surface area contributed by atoms with E-state index in [2.05, 4.69) is 20.9 Å². The van der Waals surface area contributed by atoms with Crippen molar-refractivity contribution in [2.45, 2.75) is 0 Å². The van der Waals surface area contributed by atoms with Gasteiger partial charge in [0.25, 0.3) is 0 Å². The summed E-state index contributed by atoms with van der Waals surface area (Å²) in [7, 11) is 0. The van der Waals surface area contributed by atoms with Gasteiger partial charge in [-0.2, -0.15) is 0 Å². The molecule has 0 aliphatic heterocycles. The highest BCUT2D eigenvalue weighted by atomic mass is 79.9. The molecule has 0 amide bonds. The van der Waals surface area contributed by atoms with Crippen LogP contribution >= 0.6 is 15.9 Å². The van der Waals surface area contributed by atoms with Crippen LogP contribution in [0.4, 0.5) is 4.39 Å². The molecule has 2 N–H and O–H groups in total. The molecule has 0 spiro atoms. The topological polar surface area (TPSA) is 53.4 Å². The first-order valence-corrected chi connectivity index (χ1v) is 4.55. The zero-order chi connectivity index (χ0) is 10.3. The first kappa shape index (κ1) is 9.21. The Balaban J connectivity index is 2.94. The standard InChI is InChI=1S/C9H5BrFNO2/c10-5-1-4(11)2-6-9(5)7(13)3-8(14)12-6/h1-3H,(H2,12,13,14). The van der Waals surface area contributed by atoms with Crippen LogP contribution < -0.4 is 0 Å². The summed E-state index contributed by atoms with van der Waals surface area (Å²) < 4.78 is 13.3. The Kier molecular flexibility index (Phi) is 2.03. The number of halogens is 2. The van der Waals surface area contributed by atoms with E-state index in [1.165, 1.54) is 6.07 Å². The van der Waals surface area contributed by atoms with Crippen molar-refractivity contribution in [3.8, 4) is 11.6 Å². The Bertz CT molecular complexity index is 473. The summed E-state index contributed by atoms with van der Waals surface area (Å²) in [6, 6.07) is 3.46. The fourth-order valence-electron chi connectivity index (χ4n) is 1.25. The van der Waals surface area contributed by atoms with E-state index < -0.39 is 5.82 Å². The third kappa shape index (κ3) is 1.39. The van der Waals surface area contributed by atoms with Gasteiger partial charge < -0.3 is 10.2 Å².